The van der Waals surface area contributed by atoms with Crippen molar-refractivity contribution in [2.45, 2.75) is 20.8 Å². The third-order valence-electron chi connectivity index (χ3n) is 4.29. The minimum Gasteiger partial charge on any atom is -0.370 e. The zero-order valence-electron chi connectivity index (χ0n) is 10.4. The van der Waals surface area contributed by atoms with E-state index in [2.05, 4.69) is 35.9 Å². The van der Waals surface area contributed by atoms with E-state index >= 15 is 0 Å². The fraction of sp³-hybridized carbons (Fsp3) is 0.643. The van der Waals surface area contributed by atoms with E-state index in [0.29, 0.717) is 0 Å². The summed E-state index contributed by atoms with van der Waals surface area (Å²) >= 11 is 0. The molecule has 2 unspecified atom stereocenters. The van der Waals surface area contributed by atoms with Crippen LogP contribution in [0.15, 0.2) is 18.3 Å². The van der Waals surface area contributed by atoms with Crippen molar-refractivity contribution in [2.24, 2.45) is 23.7 Å². The molecule has 2 atom stereocenters. The van der Waals surface area contributed by atoms with Crippen molar-refractivity contribution in [3.05, 3.63) is 24.0 Å². The lowest BCUT2D eigenvalue weighted by molar-refractivity contribution is 0.480. The van der Waals surface area contributed by atoms with Crippen molar-refractivity contribution in [3.63, 3.8) is 0 Å². The summed E-state index contributed by atoms with van der Waals surface area (Å²) in [5, 5.41) is 0. The lowest BCUT2D eigenvalue weighted by atomic mass is 10.0. The number of piperidine rings is 1. The summed E-state index contributed by atoms with van der Waals surface area (Å²) in [6.45, 7) is 9.26. The summed E-state index contributed by atoms with van der Waals surface area (Å²) in [7, 11) is 0. The molecule has 16 heavy (non-hydrogen) atoms. The number of hydrogen-bond acceptors (Lipinski definition) is 2. The molecule has 2 heteroatoms. The van der Waals surface area contributed by atoms with Gasteiger partial charge in [-0.25, -0.2) is 0 Å². The summed E-state index contributed by atoms with van der Waals surface area (Å²) in [6, 6.07) is 4.32. The molecule has 0 radical (unpaired) electrons. The highest BCUT2D eigenvalue weighted by Crippen LogP contribution is 2.55. The van der Waals surface area contributed by atoms with Gasteiger partial charge in [0.25, 0.3) is 0 Å². The maximum Gasteiger partial charge on any atom is 0.0553 e. The smallest absolute Gasteiger partial charge is 0.0553 e. The van der Waals surface area contributed by atoms with Crippen molar-refractivity contribution in [3.8, 4) is 0 Å². The molecule has 2 fully saturated rings. The Morgan fingerprint density at radius 2 is 1.94 bits per heavy atom. The number of rotatable bonds is 2. The molecule has 3 rings (SSSR count). The molecule has 2 nitrogen and oxygen atoms in total. The van der Waals surface area contributed by atoms with Gasteiger partial charge in [0.05, 0.1) is 11.9 Å². The van der Waals surface area contributed by atoms with Crippen LogP contribution in [0.25, 0.3) is 0 Å². The molecule has 2 heterocycles. The zero-order valence-corrected chi connectivity index (χ0v) is 10.4. The van der Waals surface area contributed by atoms with Gasteiger partial charge in [0.15, 0.2) is 0 Å². The predicted molar refractivity (Wildman–Crippen MR) is 66.5 cm³/mol. The second kappa shape index (κ2) is 3.47. The number of hydrogen-bond donors (Lipinski definition) is 0. The predicted octanol–water partition coefficient (Wildman–Crippen LogP) is 2.73. The van der Waals surface area contributed by atoms with Gasteiger partial charge in [0.1, 0.15) is 0 Å². The average molecular weight is 216 g/mol. The molecular formula is C14H20N2. The van der Waals surface area contributed by atoms with Crippen LogP contribution < -0.4 is 4.90 Å². The number of fused-ring (bicyclic) bond motifs is 1. The number of aromatic nitrogens is 1. The summed E-state index contributed by atoms with van der Waals surface area (Å²) < 4.78 is 0. The van der Waals surface area contributed by atoms with Crippen LogP contribution in [0, 0.1) is 30.6 Å². The normalized spacial score (nSPS) is 32.0. The van der Waals surface area contributed by atoms with Gasteiger partial charge in [0, 0.05) is 18.8 Å². The Morgan fingerprint density at radius 3 is 2.44 bits per heavy atom. The molecule has 0 amide bonds. The molecule has 1 aliphatic carbocycles. The van der Waals surface area contributed by atoms with Crippen molar-refractivity contribution in [2.75, 3.05) is 18.0 Å². The van der Waals surface area contributed by atoms with E-state index in [9.17, 15) is 0 Å². The van der Waals surface area contributed by atoms with E-state index in [1.165, 1.54) is 18.8 Å². The van der Waals surface area contributed by atoms with Crippen LogP contribution in [0.5, 0.6) is 0 Å². The molecular weight excluding hydrogens is 196 g/mol. The van der Waals surface area contributed by atoms with Gasteiger partial charge in [-0.15, -0.1) is 0 Å². The highest BCUT2D eigenvalue weighted by Gasteiger charge is 2.56. The quantitative estimate of drug-likeness (QED) is 0.755. The molecule has 2 aliphatic rings. The number of aryl methyl sites for hydroxylation is 1. The van der Waals surface area contributed by atoms with Crippen LogP contribution in [0.2, 0.25) is 0 Å². The van der Waals surface area contributed by atoms with Crippen LogP contribution in [-0.2, 0) is 0 Å². The number of anilines is 1. The van der Waals surface area contributed by atoms with Crippen molar-refractivity contribution in [1.82, 2.24) is 4.98 Å². The largest absolute Gasteiger partial charge is 0.370 e. The van der Waals surface area contributed by atoms with Gasteiger partial charge in [0.2, 0.25) is 0 Å². The number of nitrogens with zero attached hydrogens (tertiary/aromatic N) is 2. The Balaban J connectivity index is 1.67. The Hall–Kier alpha value is -1.05. The van der Waals surface area contributed by atoms with E-state index < -0.39 is 0 Å². The van der Waals surface area contributed by atoms with Gasteiger partial charge in [-0.05, 0) is 42.7 Å². The zero-order chi connectivity index (χ0) is 11.3. The van der Waals surface area contributed by atoms with Crippen molar-refractivity contribution < 1.29 is 0 Å². The monoisotopic (exact) mass is 216 g/mol. The van der Waals surface area contributed by atoms with E-state index in [4.69, 9.17) is 0 Å². The van der Waals surface area contributed by atoms with E-state index in [1.54, 1.807) is 0 Å². The summed E-state index contributed by atoms with van der Waals surface area (Å²) in [4.78, 5) is 6.88. The second-order valence-electron chi connectivity index (χ2n) is 5.71. The molecule has 1 saturated carbocycles. The first kappa shape index (κ1) is 10.1. The first-order valence-corrected chi connectivity index (χ1v) is 6.34. The van der Waals surface area contributed by atoms with Crippen LogP contribution in [-0.4, -0.2) is 18.1 Å². The first-order chi connectivity index (χ1) is 7.66. The molecule has 0 aromatic carbocycles. The highest BCUT2D eigenvalue weighted by molar-refractivity contribution is 5.47. The molecule has 0 spiro atoms. The SMILES string of the molecule is Cc1ccc(N2CC3C(C2)C3C(C)C)cn1. The third-order valence-corrected chi connectivity index (χ3v) is 4.29. The fourth-order valence-corrected chi connectivity index (χ4v) is 3.42. The molecule has 86 valence electrons. The summed E-state index contributed by atoms with van der Waals surface area (Å²) in [5.74, 6) is 3.78. The van der Waals surface area contributed by atoms with E-state index in [1.807, 2.05) is 13.1 Å². The number of pyridine rings is 1. The van der Waals surface area contributed by atoms with Crippen LogP contribution in [0.1, 0.15) is 19.5 Å². The Morgan fingerprint density at radius 1 is 1.25 bits per heavy atom. The standard InChI is InChI=1S/C14H20N2/c1-9(2)14-12-7-16(8-13(12)14)11-5-4-10(3)15-6-11/h4-6,9,12-14H,7-8H2,1-3H3. The Kier molecular flexibility index (Phi) is 2.20. The van der Waals surface area contributed by atoms with Gasteiger partial charge < -0.3 is 4.90 Å². The second-order valence-corrected chi connectivity index (χ2v) is 5.71. The molecule has 1 aliphatic heterocycles. The maximum absolute atomic E-state index is 4.38. The molecule has 1 aromatic heterocycles. The van der Waals surface area contributed by atoms with Crippen LogP contribution in [0.4, 0.5) is 5.69 Å². The summed E-state index contributed by atoms with van der Waals surface area (Å²) in [5.41, 5.74) is 2.41. The lowest BCUT2D eigenvalue weighted by Gasteiger charge is -2.22. The van der Waals surface area contributed by atoms with Crippen LogP contribution in [0.3, 0.4) is 0 Å². The molecule has 0 N–H and O–H groups in total. The van der Waals surface area contributed by atoms with Crippen molar-refractivity contribution >= 4 is 5.69 Å². The maximum atomic E-state index is 4.38. The van der Waals surface area contributed by atoms with Gasteiger partial charge >= 0.3 is 0 Å². The third kappa shape index (κ3) is 1.51. The molecule has 0 bridgehead atoms. The average Bonchev–Trinajstić information content (AvgIpc) is 2.77. The van der Waals surface area contributed by atoms with E-state index in [-0.39, 0.29) is 0 Å². The fourth-order valence-electron chi connectivity index (χ4n) is 3.42. The molecule has 1 saturated heterocycles. The van der Waals surface area contributed by atoms with Crippen LogP contribution >= 0.6 is 0 Å². The first-order valence-electron chi connectivity index (χ1n) is 6.34. The Labute approximate surface area is 97.7 Å². The van der Waals surface area contributed by atoms with Gasteiger partial charge in [-0.3, -0.25) is 4.98 Å². The highest BCUT2D eigenvalue weighted by atomic mass is 15.2. The minimum atomic E-state index is 0.869. The lowest BCUT2D eigenvalue weighted by Crippen LogP contribution is -2.25. The minimum absolute atomic E-state index is 0.869. The van der Waals surface area contributed by atoms with E-state index in [0.717, 1.165) is 29.4 Å². The summed E-state index contributed by atoms with van der Waals surface area (Å²) in [6.07, 6.45) is 2.02. The Bertz CT molecular complexity index is 370. The van der Waals surface area contributed by atoms with Gasteiger partial charge in [-0.2, -0.15) is 0 Å². The molecule has 1 aromatic rings. The topological polar surface area (TPSA) is 16.1 Å². The van der Waals surface area contributed by atoms with Crippen molar-refractivity contribution in [1.29, 1.82) is 0 Å². The van der Waals surface area contributed by atoms with Gasteiger partial charge in [-0.1, -0.05) is 13.8 Å².